The van der Waals surface area contributed by atoms with E-state index in [1.807, 2.05) is 35.4 Å². The number of urea groups is 1. The Morgan fingerprint density at radius 1 is 0.966 bits per heavy atom. The number of piperazine rings is 1. The summed E-state index contributed by atoms with van der Waals surface area (Å²) < 4.78 is 13.7. The molecule has 4 rings (SSSR count). The van der Waals surface area contributed by atoms with Crippen molar-refractivity contribution < 1.29 is 9.18 Å². The summed E-state index contributed by atoms with van der Waals surface area (Å²) in [7, 11) is 0. The number of hydrogen-bond acceptors (Lipinski definition) is 2. The Morgan fingerprint density at radius 3 is 2.55 bits per heavy atom. The van der Waals surface area contributed by atoms with Crippen LogP contribution in [0, 0.1) is 5.82 Å². The molecule has 0 radical (unpaired) electrons. The molecule has 0 unspecified atom stereocenters. The average Bonchev–Trinajstić information content (AvgIpc) is 3.17. The third-order valence-electron chi connectivity index (χ3n) is 5.66. The first-order valence-corrected chi connectivity index (χ1v) is 10.2. The largest absolute Gasteiger partial charge is 0.361 e. The Morgan fingerprint density at radius 2 is 1.72 bits per heavy atom. The molecule has 0 spiro atoms. The second kappa shape index (κ2) is 9.09. The summed E-state index contributed by atoms with van der Waals surface area (Å²) in [6.45, 7) is 4.49. The van der Waals surface area contributed by atoms with Crippen molar-refractivity contribution in [3.63, 3.8) is 0 Å². The lowest BCUT2D eigenvalue weighted by Crippen LogP contribution is -2.52. The Bertz CT molecular complexity index is 962. The number of carbonyl (C=O) groups is 1. The number of hydrogen-bond donors (Lipinski definition) is 2. The molecular weight excluding hydrogens is 367 g/mol. The minimum atomic E-state index is -0.138. The minimum absolute atomic E-state index is 0.00130. The number of fused-ring (bicyclic) bond motifs is 1. The van der Waals surface area contributed by atoms with Crippen molar-refractivity contribution in [2.45, 2.75) is 12.8 Å². The van der Waals surface area contributed by atoms with Gasteiger partial charge in [-0.3, -0.25) is 4.90 Å². The Labute approximate surface area is 170 Å². The SMILES string of the molecule is O=C(NCCc1c[nH]c2ccccc12)N1CCN(CCc2ccccc2F)CC1. The van der Waals surface area contributed by atoms with Gasteiger partial charge in [-0.05, 0) is 36.1 Å². The lowest BCUT2D eigenvalue weighted by molar-refractivity contribution is 0.140. The van der Waals surface area contributed by atoms with Gasteiger partial charge in [0, 0.05) is 56.4 Å². The highest BCUT2D eigenvalue weighted by molar-refractivity contribution is 5.83. The van der Waals surface area contributed by atoms with E-state index in [2.05, 4.69) is 27.3 Å². The predicted molar refractivity (Wildman–Crippen MR) is 114 cm³/mol. The fraction of sp³-hybridized carbons (Fsp3) is 0.348. The zero-order chi connectivity index (χ0) is 20.1. The van der Waals surface area contributed by atoms with Crippen molar-refractivity contribution in [1.29, 1.82) is 0 Å². The van der Waals surface area contributed by atoms with Crippen LogP contribution in [0.25, 0.3) is 10.9 Å². The van der Waals surface area contributed by atoms with Gasteiger partial charge in [0.1, 0.15) is 5.82 Å². The van der Waals surface area contributed by atoms with Gasteiger partial charge in [0.15, 0.2) is 0 Å². The van der Waals surface area contributed by atoms with Gasteiger partial charge in [-0.2, -0.15) is 0 Å². The number of aromatic nitrogens is 1. The number of para-hydroxylation sites is 1. The number of nitrogens with zero attached hydrogens (tertiary/aromatic N) is 2. The maximum atomic E-state index is 13.7. The molecule has 1 saturated heterocycles. The molecule has 2 aromatic carbocycles. The van der Waals surface area contributed by atoms with Crippen LogP contribution in [-0.4, -0.2) is 60.1 Å². The van der Waals surface area contributed by atoms with E-state index in [4.69, 9.17) is 0 Å². The van der Waals surface area contributed by atoms with E-state index in [1.54, 1.807) is 6.07 Å². The van der Waals surface area contributed by atoms with Gasteiger partial charge >= 0.3 is 6.03 Å². The fourth-order valence-electron chi connectivity index (χ4n) is 3.91. The van der Waals surface area contributed by atoms with Crippen molar-refractivity contribution in [1.82, 2.24) is 20.1 Å². The van der Waals surface area contributed by atoms with Gasteiger partial charge in [-0.1, -0.05) is 36.4 Å². The topological polar surface area (TPSA) is 51.4 Å². The van der Waals surface area contributed by atoms with Crippen LogP contribution in [-0.2, 0) is 12.8 Å². The van der Waals surface area contributed by atoms with E-state index in [1.165, 1.54) is 17.0 Å². The second-order valence-electron chi connectivity index (χ2n) is 7.51. The number of halogens is 1. The van der Waals surface area contributed by atoms with E-state index >= 15 is 0 Å². The monoisotopic (exact) mass is 394 g/mol. The maximum Gasteiger partial charge on any atom is 0.317 e. The van der Waals surface area contributed by atoms with Crippen LogP contribution in [0.2, 0.25) is 0 Å². The van der Waals surface area contributed by atoms with E-state index in [0.717, 1.165) is 37.1 Å². The molecule has 6 heteroatoms. The molecule has 1 aromatic heterocycles. The second-order valence-corrected chi connectivity index (χ2v) is 7.51. The molecule has 1 fully saturated rings. The number of H-pyrrole nitrogens is 1. The Balaban J connectivity index is 1.18. The molecule has 0 aliphatic carbocycles. The molecule has 5 nitrogen and oxygen atoms in total. The van der Waals surface area contributed by atoms with Crippen LogP contribution in [0.4, 0.5) is 9.18 Å². The number of carbonyl (C=O) groups excluding carboxylic acids is 1. The fourth-order valence-corrected chi connectivity index (χ4v) is 3.91. The summed E-state index contributed by atoms with van der Waals surface area (Å²) in [5.74, 6) is -0.138. The molecule has 29 heavy (non-hydrogen) atoms. The van der Waals surface area contributed by atoms with Gasteiger partial charge in [-0.15, -0.1) is 0 Å². The van der Waals surface area contributed by atoms with Gasteiger partial charge < -0.3 is 15.2 Å². The van der Waals surface area contributed by atoms with Gasteiger partial charge in [0.25, 0.3) is 0 Å². The Kier molecular flexibility index (Phi) is 6.10. The zero-order valence-electron chi connectivity index (χ0n) is 16.5. The Hall–Kier alpha value is -2.86. The van der Waals surface area contributed by atoms with Crippen LogP contribution in [0.5, 0.6) is 0 Å². The number of nitrogens with one attached hydrogen (secondary N) is 2. The summed E-state index contributed by atoms with van der Waals surface area (Å²) in [4.78, 5) is 19.9. The normalized spacial score (nSPS) is 15.0. The van der Waals surface area contributed by atoms with Crippen LogP contribution in [0.3, 0.4) is 0 Å². The molecule has 3 aromatic rings. The molecule has 1 aliphatic rings. The lowest BCUT2D eigenvalue weighted by atomic mass is 10.1. The zero-order valence-corrected chi connectivity index (χ0v) is 16.5. The molecule has 0 saturated carbocycles. The van der Waals surface area contributed by atoms with Gasteiger partial charge in [-0.25, -0.2) is 9.18 Å². The number of rotatable bonds is 6. The van der Waals surface area contributed by atoms with E-state index in [-0.39, 0.29) is 11.8 Å². The number of benzene rings is 2. The van der Waals surface area contributed by atoms with E-state index < -0.39 is 0 Å². The summed E-state index contributed by atoms with van der Waals surface area (Å²) in [6, 6.07) is 15.1. The highest BCUT2D eigenvalue weighted by Crippen LogP contribution is 2.17. The first kappa shape index (κ1) is 19.5. The molecule has 152 valence electrons. The van der Waals surface area contributed by atoms with Crippen LogP contribution < -0.4 is 5.32 Å². The highest BCUT2D eigenvalue weighted by Gasteiger charge is 2.20. The third kappa shape index (κ3) is 4.77. The molecular formula is C23H27FN4O. The molecule has 2 heterocycles. The summed E-state index contributed by atoms with van der Waals surface area (Å²) in [6.07, 6.45) is 3.52. The first-order valence-electron chi connectivity index (χ1n) is 10.2. The molecule has 2 N–H and O–H groups in total. The van der Waals surface area contributed by atoms with Crippen molar-refractivity contribution in [2.24, 2.45) is 0 Å². The van der Waals surface area contributed by atoms with Crippen molar-refractivity contribution in [3.05, 3.63) is 71.7 Å². The summed E-state index contributed by atoms with van der Waals surface area (Å²) in [5.41, 5.74) is 3.10. The molecule has 2 amide bonds. The van der Waals surface area contributed by atoms with Gasteiger partial charge in [0.05, 0.1) is 0 Å². The van der Waals surface area contributed by atoms with Crippen LogP contribution in [0.15, 0.2) is 54.7 Å². The quantitative estimate of drug-likeness (QED) is 0.673. The van der Waals surface area contributed by atoms with Crippen LogP contribution >= 0.6 is 0 Å². The summed E-state index contributed by atoms with van der Waals surface area (Å²) in [5, 5.41) is 4.25. The van der Waals surface area contributed by atoms with Crippen LogP contribution in [0.1, 0.15) is 11.1 Å². The number of amides is 2. The minimum Gasteiger partial charge on any atom is -0.361 e. The standard InChI is InChI=1S/C23H27FN4O/c24-21-7-3-1-5-18(21)10-12-27-13-15-28(16-14-27)23(29)25-11-9-19-17-26-22-8-4-2-6-20(19)22/h1-8,17,26H,9-16H2,(H,25,29). The third-order valence-corrected chi connectivity index (χ3v) is 5.66. The predicted octanol–water partition coefficient (Wildman–Crippen LogP) is 3.42. The van der Waals surface area contributed by atoms with Crippen molar-refractivity contribution >= 4 is 16.9 Å². The smallest absolute Gasteiger partial charge is 0.317 e. The maximum absolute atomic E-state index is 13.7. The first-order chi connectivity index (χ1) is 14.2. The average molecular weight is 394 g/mol. The van der Waals surface area contributed by atoms with Gasteiger partial charge in [0.2, 0.25) is 0 Å². The molecule has 0 bridgehead atoms. The van der Waals surface area contributed by atoms with Crippen molar-refractivity contribution in [2.75, 3.05) is 39.3 Å². The lowest BCUT2D eigenvalue weighted by Gasteiger charge is -2.34. The summed E-state index contributed by atoms with van der Waals surface area (Å²) >= 11 is 0. The highest BCUT2D eigenvalue weighted by atomic mass is 19.1. The molecule has 1 aliphatic heterocycles. The number of aromatic amines is 1. The van der Waals surface area contributed by atoms with Crippen molar-refractivity contribution in [3.8, 4) is 0 Å². The molecule has 0 atom stereocenters. The van der Waals surface area contributed by atoms with E-state index in [9.17, 15) is 9.18 Å². The van der Waals surface area contributed by atoms with E-state index in [0.29, 0.717) is 26.1 Å².